The van der Waals surface area contributed by atoms with Gasteiger partial charge in [0, 0.05) is 17.6 Å². The third-order valence-corrected chi connectivity index (χ3v) is 3.40. The zero-order valence-corrected chi connectivity index (χ0v) is 13.3. The van der Waals surface area contributed by atoms with Crippen LogP contribution in [0.2, 0.25) is 0 Å². The quantitative estimate of drug-likeness (QED) is 0.735. The molecule has 0 radical (unpaired) electrons. The summed E-state index contributed by atoms with van der Waals surface area (Å²) in [6.07, 6.45) is -0.637. The van der Waals surface area contributed by atoms with Crippen molar-refractivity contribution in [3.63, 3.8) is 0 Å². The molecule has 0 fully saturated rings. The SMILES string of the molecule is C[C@H](O)CN(C(=O)NCc1ccc(Br)cc1)[C@H](C)CO. The van der Waals surface area contributed by atoms with Crippen molar-refractivity contribution in [1.82, 2.24) is 10.2 Å². The second-order valence-electron chi connectivity index (χ2n) is 4.82. The number of benzene rings is 1. The molecule has 1 rings (SSSR count). The molecular weight excluding hydrogens is 324 g/mol. The molecule has 2 atom stereocenters. The van der Waals surface area contributed by atoms with Gasteiger partial charge < -0.3 is 20.4 Å². The van der Waals surface area contributed by atoms with E-state index in [0.717, 1.165) is 10.0 Å². The van der Waals surface area contributed by atoms with E-state index in [1.165, 1.54) is 4.90 Å². The van der Waals surface area contributed by atoms with Gasteiger partial charge in [-0.25, -0.2) is 4.79 Å². The third-order valence-electron chi connectivity index (χ3n) is 2.88. The maximum absolute atomic E-state index is 12.1. The summed E-state index contributed by atoms with van der Waals surface area (Å²) in [6, 6.07) is 7.01. The average molecular weight is 345 g/mol. The van der Waals surface area contributed by atoms with E-state index < -0.39 is 6.10 Å². The molecule has 112 valence electrons. The molecule has 0 saturated carbocycles. The van der Waals surface area contributed by atoms with Gasteiger partial charge in [-0.2, -0.15) is 0 Å². The molecule has 0 spiro atoms. The summed E-state index contributed by atoms with van der Waals surface area (Å²) in [6.45, 7) is 3.80. The number of carbonyl (C=O) groups excluding carboxylic acids is 1. The molecule has 1 aromatic rings. The van der Waals surface area contributed by atoms with E-state index in [-0.39, 0.29) is 25.2 Å². The van der Waals surface area contributed by atoms with Crippen molar-refractivity contribution in [3.8, 4) is 0 Å². The van der Waals surface area contributed by atoms with Crippen molar-refractivity contribution in [1.29, 1.82) is 0 Å². The smallest absolute Gasteiger partial charge is 0.318 e. The van der Waals surface area contributed by atoms with Gasteiger partial charge in [0.15, 0.2) is 0 Å². The highest BCUT2D eigenvalue weighted by Gasteiger charge is 2.20. The number of hydrogen-bond donors (Lipinski definition) is 3. The lowest BCUT2D eigenvalue weighted by atomic mass is 10.2. The van der Waals surface area contributed by atoms with Crippen molar-refractivity contribution < 1.29 is 15.0 Å². The van der Waals surface area contributed by atoms with E-state index in [9.17, 15) is 15.0 Å². The van der Waals surface area contributed by atoms with E-state index in [1.807, 2.05) is 24.3 Å². The van der Waals surface area contributed by atoms with Gasteiger partial charge in [0.2, 0.25) is 0 Å². The summed E-state index contributed by atoms with van der Waals surface area (Å²) in [5, 5.41) is 21.4. The molecule has 0 bridgehead atoms. The van der Waals surface area contributed by atoms with Crippen molar-refractivity contribution in [2.45, 2.75) is 32.5 Å². The molecule has 0 aliphatic carbocycles. The topological polar surface area (TPSA) is 72.8 Å². The minimum atomic E-state index is -0.637. The summed E-state index contributed by atoms with van der Waals surface area (Å²) in [5.74, 6) is 0. The number of hydrogen-bond acceptors (Lipinski definition) is 3. The highest BCUT2D eigenvalue weighted by atomic mass is 79.9. The molecule has 20 heavy (non-hydrogen) atoms. The number of nitrogens with zero attached hydrogens (tertiary/aromatic N) is 1. The Kier molecular flexibility index (Phi) is 6.98. The number of aliphatic hydroxyl groups is 2. The fraction of sp³-hybridized carbons (Fsp3) is 0.500. The van der Waals surface area contributed by atoms with Crippen LogP contribution in [0.1, 0.15) is 19.4 Å². The Hall–Kier alpha value is -1.11. The number of amides is 2. The maximum atomic E-state index is 12.1. The number of rotatable bonds is 6. The first-order valence-electron chi connectivity index (χ1n) is 6.52. The average Bonchev–Trinajstić information content (AvgIpc) is 2.42. The van der Waals surface area contributed by atoms with Crippen LogP contribution in [-0.4, -0.2) is 46.4 Å². The van der Waals surface area contributed by atoms with Crippen molar-refractivity contribution in [2.24, 2.45) is 0 Å². The zero-order chi connectivity index (χ0) is 15.1. The van der Waals surface area contributed by atoms with Gasteiger partial charge in [0.1, 0.15) is 0 Å². The van der Waals surface area contributed by atoms with Crippen LogP contribution >= 0.6 is 15.9 Å². The Morgan fingerprint density at radius 1 is 1.35 bits per heavy atom. The standard InChI is InChI=1S/C14H21BrN2O3/c1-10(9-18)17(8-11(2)19)14(20)16-7-12-3-5-13(15)6-4-12/h3-6,10-11,18-19H,7-9H2,1-2H3,(H,16,20)/t10-,11+/m1/s1. The number of halogens is 1. The minimum Gasteiger partial charge on any atom is -0.394 e. The highest BCUT2D eigenvalue weighted by molar-refractivity contribution is 9.10. The molecule has 0 unspecified atom stereocenters. The Balaban J connectivity index is 2.59. The van der Waals surface area contributed by atoms with Crippen LogP contribution in [0.3, 0.4) is 0 Å². The van der Waals surface area contributed by atoms with Crippen molar-refractivity contribution >= 4 is 22.0 Å². The summed E-state index contributed by atoms with van der Waals surface area (Å²) >= 11 is 3.35. The second-order valence-corrected chi connectivity index (χ2v) is 5.73. The number of urea groups is 1. The number of aliphatic hydroxyl groups excluding tert-OH is 2. The first kappa shape index (κ1) is 16.9. The molecule has 0 aliphatic heterocycles. The molecule has 3 N–H and O–H groups in total. The summed E-state index contributed by atoms with van der Waals surface area (Å²) in [5.41, 5.74) is 0.982. The van der Waals surface area contributed by atoms with E-state index in [4.69, 9.17) is 0 Å². The van der Waals surface area contributed by atoms with Gasteiger partial charge in [-0.05, 0) is 31.5 Å². The number of nitrogens with one attached hydrogen (secondary N) is 1. The van der Waals surface area contributed by atoms with Crippen LogP contribution in [-0.2, 0) is 6.54 Å². The fourth-order valence-corrected chi connectivity index (χ4v) is 1.99. The lowest BCUT2D eigenvalue weighted by Gasteiger charge is -2.29. The van der Waals surface area contributed by atoms with E-state index in [0.29, 0.717) is 6.54 Å². The lowest BCUT2D eigenvalue weighted by Crippen LogP contribution is -2.49. The zero-order valence-electron chi connectivity index (χ0n) is 11.7. The fourth-order valence-electron chi connectivity index (χ4n) is 1.73. The molecule has 1 aromatic carbocycles. The monoisotopic (exact) mass is 344 g/mol. The second kappa shape index (κ2) is 8.24. The molecule has 0 saturated heterocycles. The summed E-state index contributed by atoms with van der Waals surface area (Å²) in [4.78, 5) is 13.5. The molecule has 0 heterocycles. The van der Waals surface area contributed by atoms with Crippen LogP contribution in [0.15, 0.2) is 28.7 Å². The molecule has 0 aliphatic rings. The molecule has 2 amide bonds. The number of carbonyl (C=O) groups is 1. The summed E-state index contributed by atoms with van der Waals surface area (Å²) < 4.78 is 0.984. The molecule has 6 heteroatoms. The Bertz CT molecular complexity index is 423. The Morgan fingerprint density at radius 3 is 2.45 bits per heavy atom. The van der Waals surface area contributed by atoms with Crippen molar-refractivity contribution in [3.05, 3.63) is 34.3 Å². The lowest BCUT2D eigenvalue weighted by molar-refractivity contribution is 0.0936. The van der Waals surface area contributed by atoms with Crippen LogP contribution in [0.4, 0.5) is 4.79 Å². The van der Waals surface area contributed by atoms with Gasteiger partial charge in [0.25, 0.3) is 0 Å². The van der Waals surface area contributed by atoms with Gasteiger partial charge in [-0.1, -0.05) is 28.1 Å². The van der Waals surface area contributed by atoms with Crippen LogP contribution in [0.25, 0.3) is 0 Å². The Labute approximate surface area is 127 Å². The highest BCUT2D eigenvalue weighted by Crippen LogP contribution is 2.10. The predicted octanol–water partition coefficient (Wildman–Crippen LogP) is 1.72. The van der Waals surface area contributed by atoms with E-state index in [1.54, 1.807) is 13.8 Å². The van der Waals surface area contributed by atoms with Gasteiger partial charge >= 0.3 is 6.03 Å². The van der Waals surface area contributed by atoms with Gasteiger partial charge in [0.05, 0.1) is 18.8 Å². The Morgan fingerprint density at radius 2 is 1.95 bits per heavy atom. The minimum absolute atomic E-state index is 0.140. The predicted molar refractivity (Wildman–Crippen MR) is 81.3 cm³/mol. The van der Waals surface area contributed by atoms with Crippen molar-refractivity contribution in [2.75, 3.05) is 13.2 Å². The molecular formula is C14H21BrN2O3. The first-order valence-corrected chi connectivity index (χ1v) is 7.31. The maximum Gasteiger partial charge on any atom is 0.318 e. The van der Waals surface area contributed by atoms with Gasteiger partial charge in [-0.3, -0.25) is 0 Å². The summed E-state index contributed by atoms with van der Waals surface area (Å²) in [7, 11) is 0. The van der Waals surface area contributed by atoms with Gasteiger partial charge in [-0.15, -0.1) is 0 Å². The van der Waals surface area contributed by atoms with E-state index >= 15 is 0 Å². The largest absolute Gasteiger partial charge is 0.394 e. The molecule has 5 nitrogen and oxygen atoms in total. The van der Waals surface area contributed by atoms with Crippen LogP contribution < -0.4 is 5.32 Å². The van der Waals surface area contributed by atoms with Crippen LogP contribution in [0.5, 0.6) is 0 Å². The normalized spacial score (nSPS) is 13.7. The van der Waals surface area contributed by atoms with E-state index in [2.05, 4.69) is 21.2 Å². The van der Waals surface area contributed by atoms with Crippen LogP contribution in [0, 0.1) is 0 Å². The third kappa shape index (κ3) is 5.48. The first-order chi connectivity index (χ1) is 9.43. The molecule has 0 aromatic heterocycles.